The van der Waals surface area contributed by atoms with Gasteiger partial charge in [-0.2, -0.15) is 0 Å². The van der Waals surface area contributed by atoms with Crippen molar-refractivity contribution in [1.29, 1.82) is 0 Å². The van der Waals surface area contributed by atoms with Crippen molar-refractivity contribution in [3.8, 4) is 0 Å². The maximum Gasteiger partial charge on any atom is 0.301 e. The Morgan fingerprint density at radius 2 is 2.15 bits per heavy atom. The molecule has 1 aliphatic rings. The molecular weight excluding hydrogens is 302 g/mol. The number of para-hydroxylation sites is 1. The highest BCUT2D eigenvalue weighted by Crippen LogP contribution is 2.40. The average Bonchev–Trinajstić information content (AvgIpc) is 2.73. The van der Waals surface area contributed by atoms with Gasteiger partial charge in [-0.3, -0.25) is 10.1 Å². The van der Waals surface area contributed by atoms with Gasteiger partial charge >= 0.3 is 5.69 Å². The van der Waals surface area contributed by atoms with Gasteiger partial charge in [0.05, 0.1) is 15.9 Å². The topological polar surface area (TPSA) is 86.5 Å². The van der Waals surface area contributed by atoms with Crippen LogP contribution >= 0.6 is 11.8 Å². The van der Waals surface area contributed by atoms with Crippen LogP contribution in [0.25, 0.3) is 0 Å². The minimum atomic E-state index is -3.63. The zero-order valence-corrected chi connectivity index (χ0v) is 12.7. The summed E-state index contributed by atoms with van der Waals surface area (Å²) in [5, 5.41) is 11.3. The van der Waals surface area contributed by atoms with E-state index in [1.165, 1.54) is 23.9 Å². The van der Waals surface area contributed by atoms with Gasteiger partial charge in [-0.25, -0.2) is 8.42 Å². The van der Waals surface area contributed by atoms with Crippen molar-refractivity contribution in [2.75, 3.05) is 12.9 Å². The number of thioether (sulfide) groups is 1. The smallest absolute Gasteiger partial charge is 0.301 e. The highest BCUT2D eigenvalue weighted by molar-refractivity contribution is 8.00. The van der Waals surface area contributed by atoms with Crippen LogP contribution in [-0.2, 0) is 14.6 Å². The molecule has 110 valence electrons. The summed E-state index contributed by atoms with van der Waals surface area (Å²) in [6.45, 7) is 2.54. The molecule has 1 heterocycles. The molecule has 2 unspecified atom stereocenters. The van der Waals surface area contributed by atoms with Crippen LogP contribution < -0.4 is 0 Å². The molecule has 1 aromatic rings. The molecule has 8 heteroatoms. The molecule has 0 N–H and O–H groups in total. The molecule has 2 atom stereocenters. The summed E-state index contributed by atoms with van der Waals surface area (Å²) in [6, 6.07) is 4.39. The van der Waals surface area contributed by atoms with E-state index in [0.717, 1.165) is 12.7 Å². The van der Waals surface area contributed by atoms with Crippen molar-refractivity contribution in [1.82, 2.24) is 0 Å². The second-order valence-electron chi connectivity index (χ2n) is 4.65. The van der Waals surface area contributed by atoms with Gasteiger partial charge in [-0.05, 0) is 25.5 Å². The molecule has 20 heavy (non-hydrogen) atoms. The van der Waals surface area contributed by atoms with Gasteiger partial charge in [0.15, 0.2) is 9.84 Å². The van der Waals surface area contributed by atoms with Crippen molar-refractivity contribution in [3.05, 3.63) is 28.3 Å². The summed E-state index contributed by atoms with van der Waals surface area (Å²) in [5.74, 6) is 0. The summed E-state index contributed by atoms with van der Waals surface area (Å²) in [5.41, 5.74) is -0.334. The molecule has 0 spiro atoms. The van der Waals surface area contributed by atoms with Gasteiger partial charge in [-0.15, -0.1) is 11.8 Å². The Balaban J connectivity index is 2.45. The third-order valence-electron chi connectivity index (χ3n) is 3.13. The van der Waals surface area contributed by atoms with E-state index in [1.54, 1.807) is 6.07 Å². The van der Waals surface area contributed by atoms with Crippen molar-refractivity contribution in [2.45, 2.75) is 34.5 Å². The Morgan fingerprint density at radius 3 is 2.65 bits per heavy atom. The minimum Gasteiger partial charge on any atom is -0.377 e. The second-order valence-corrected chi connectivity index (χ2v) is 7.92. The molecule has 1 saturated heterocycles. The number of nitro benzene ring substituents is 1. The number of sulfone groups is 1. The van der Waals surface area contributed by atoms with E-state index < -0.39 is 14.8 Å². The second kappa shape index (κ2) is 5.71. The minimum absolute atomic E-state index is 0.00138. The summed E-state index contributed by atoms with van der Waals surface area (Å²) >= 11 is 1.31. The third-order valence-corrected chi connectivity index (χ3v) is 5.76. The monoisotopic (exact) mass is 317 g/mol. The normalized spacial score (nSPS) is 22.9. The lowest BCUT2D eigenvalue weighted by Crippen LogP contribution is -2.13. The van der Waals surface area contributed by atoms with Crippen LogP contribution in [0.1, 0.15) is 13.3 Å². The van der Waals surface area contributed by atoms with Crippen LogP contribution in [0.3, 0.4) is 0 Å². The molecule has 1 aliphatic heterocycles. The molecule has 0 aromatic heterocycles. The zero-order chi connectivity index (χ0) is 14.9. The van der Waals surface area contributed by atoms with E-state index in [9.17, 15) is 18.5 Å². The molecule has 1 aromatic carbocycles. The SMILES string of the molecule is CC1OCCC1Sc1cccc(S(C)(=O)=O)c1[N+](=O)[O-]. The summed E-state index contributed by atoms with van der Waals surface area (Å²) in [6.07, 6.45) is 1.78. The molecule has 0 radical (unpaired) electrons. The van der Waals surface area contributed by atoms with Crippen molar-refractivity contribution >= 4 is 27.3 Å². The Labute approximate surface area is 121 Å². The van der Waals surface area contributed by atoms with E-state index >= 15 is 0 Å². The molecule has 0 amide bonds. The first-order valence-corrected chi connectivity index (χ1v) is 8.83. The number of rotatable bonds is 4. The maximum atomic E-state index is 11.7. The maximum absolute atomic E-state index is 11.7. The fourth-order valence-corrected chi connectivity index (χ4v) is 4.30. The molecular formula is C12H15NO5S2. The lowest BCUT2D eigenvalue weighted by Gasteiger charge is -2.14. The Kier molecular flexibility index (Phi) is 4.36. The van der Waals surface area contributed by atoms with E-state index in [0.29, 0.717) is 11.5 Å². The molecule has 1 fully saturated rings. The molecule has 6 nitrogen and oxygen atoms in total. The van der Waals surface area contributed by atoms with Crippen molar-refractivity contribution in [3.63, 3.8) is 0 Å². The number of hydrogen-bond donors (Lipinski definition) is 0. The highest BCUT2D eigenvalue weighted by atomic mass is 32.2. The quantitative estimate of drug-likeness (QED) is 0.625. The first kappa shape index (κ1) is 15.3. The fourth-order valence-electron chi connectivity index (χ4n) is 2.11. The van der Waals surface area contributed by atoms with E-state index in [4.69, 9.17) is 4.74 Å². The number of hydrogen-bond acceptors (Lipinski definition) is 6. The lowest BCUT2D eigenvalue weighted by molar-refractivity contribution is -0.390. The summed E-state index contributed by atoms with van der Waals surface area (Å²) < 4.78 is 28.8. The Hall–Kier alpha value is -1.12. The van der Waals surface area contributed by atoms with Crippen molar-refractivity contribution in [2.24, 2.45) is 0 Å². The van der Waals surface area contributed by atoms with Crippen LogP contribution in [0, 0.1) is 10.1 Å². The van der Waals surface area contributed by atoms with Crippen molar-refractivity contribution < 1.29 is 18.1 Å². The number of ether oxygens (including phenoxy) is 1. The lowest BCUT2D eigenvalue weighted by atomic mass is 10.3. The standard InChI is InChI=1S/C12H15NO5S2/c1-8-9(6-7-18-8)19-10-4-3-5-11(20(2,16)17)12(10)13(14)15/h3-5,8-9H,6-7H2,1-2H3. The average molecular weight is 317 g/mol. The molecule has 0 aliphatic carbocycles. The van der Waals surface area contributed by atoms with Crippen LogP contribution in [0.4, 0.5) is 5.69 Å². The largest absolute Gasteiger partial charge is 0.377 e. The Morgan fingerprint density at radius 1 is 1.45 bits per heavy atom. The van der Waals surface area contributed by atoms with Gasteiger partial charge in [-0.1, -0.05) is 6.07 Å². The van der Waals surface area contributed by atoms with Crippen LogP contribution in [0.2, 0.25) is 0 Å². The van der Waals surface area contributed by atoms with E-state index in [1.807, 2.05) is 6.92 Å². The third kappa shape index (κ3) is 3.13. The molecule has 2 rings (SSSR count). The zero-order valence-electron chi connectivity index (χ0n) is 11.1. The van der Waals surface area contributed by atoms with Gasteiger partial charge < -0.3 is 4.74 Å². The van der Waals surface area contributed by atoms with Gasteiger partial charge in [0.25, 0.3) is 0 Å². The predicted octanol–water partition coefficient (Wildman–Crippen LogP) is 2.27. The number of nitro groups is 1. The molecule has 0 bridgehead atoms. The summed E-state index contributed by atoms with van der Waals surface area (Å²) in [7, 11) is -3.63. The number of benzene rings is 1. The fraction of sp³-hybridized carbons (Fsp3) is 0.500. The summed E-state index contributed by atoms with van der Waals surface area (Å²) in [4.78, 5) is 10.8. The first-order valence-electron chi connectivity index (χ1n) is 6.06. The molecule has 0 saturated carbocycles. The van der Waals surface area contributed by atoms with Crippen LogP contribution in [0.5, 0.6) is 0 Å². The van der Waals surface area contributed by atoms with E-state index in [2.05, 4.69) is 0 Å². The van der Waals surface area contributed by atoms with Gasteiger partial charge in [0.1, 0.15) is 4.90 Å². The van der Waals surface area contributed by atoms with Crippen LogP contribution in [-0.4, -0.2) is 37.6 Å². The first-order chi connectivity index (χ1) is 9.30. The van der Waals surface area contributed by atoms with Gasteiger partial charge in [0, 0.05) is 18.1 Å². The van der Waals surface area contributed by atoms with Crippen LogP contribution in [0.15, 0.2) is 28.0 Å². The number of nitrogens with zero attached hydrogens (tertiary/aromatic N) is 1. The predicted molar refractivity (Wildman–Crippen MR) is 75.9 cm³/mol. The van der Waals surface area contributed by atoms with E-state index in [-0.39, 0.29) is 21.9 Å². The highest BCUT2D eigenvalue weighted by Gasteiger charge is 2.31. The van der Waals surface area contributed by atoms with Gasteiger partial charge in [0.2, 0.25) is 0 Å². The Bertz CT molecular complexity index is 629.